The van der Waals surface area contributed by atoms with Crippen LogP contribution in [0.2, 0.25) is 0 Å². The first kappa shape index (κ1) is 25.4. The van der Waals surface area contributed by atoms with Crippen LogP contribution in [0, 0.1) is 12.7 Å². The summed E-state index contributed by atoms with van der Waals surface area (Å²) in [6, 6.07) is 9.27. The first-order chi connectivity index (χ1) is 16.6. The summed E-state index contributed by atoms with van der Waals surface area (Å²) in [5.74, 6) is -2.25. The summed E-state index contributed by atoms with van der Waals surface area (Å²) in [7, 11) is 0. The van der Waals surface area contributed by atoms with E-state index in [4.69, 9.17) is 15.6 Å². The number of hydrogen-bond donors (Lipinski definition) is 5. The molecule has 2 aromatic rings. The summed E-state index contributed by atoms with van der Waals surface area (Å²) >= 11 is 0. The van der Waals surface area contributed by atoms with Gasteiger partial charge in [-0.1, -0.05) is 12.1 Å². The zero-order valence-corrected chi connectivity index (χ0v) is 18.9. The van der Waals surface area contributed by atoms with Crippen molar-refractivity contribution in [1.29, 1.82) is 0 Å². The van der Waals surface area contributed by atoms with Gasteiger partial charge in [-0.05, 0) is 49.2 Å². The van der Waals surface area contributed by atoms with E-state index in [-0.39, 0.29) is 31.0 Å². The number of amidine groups is 1. The predicted molar refractivity (Wildman–Crippen MR) is 126 cm³/mol. The second-order valence-corrected chi connectivity index (χ2v) is 7.83. The average molecular weight is 484 g/mol. The number of carbonyl (C=O) groups excluding carboxylic acids is 2. The van der Waals surface area contributed by atoms with Crippen LogP contribution in [0.1, 0.15) is 17.5 Å². The number of fused-ring (bicyclic) bond motifs is 1. The predicted octanol–water partition coefficient (Wildman–Crippen LogP) is 1.57. The van der Waals surface area contributed by atoms with E-state index in [2.05, 4.69) is 15.6 Å². The van der Waals surface area contributed by atoms with Gasteiger partial charge in [0.2, 0.25) is 0 Å². The van der Waals surface area contributed by atoms with Gasteiger partial charge >= 0.3 is 5.97 Å². The van der Waals surface area contributed by atoms with Gasteiger partial charge in [0.1, 0.15) is 17.4 Å². The number of aliphatic imine (C=N–C) groups is 1. The molecule has 0 bridgehead atoms. The zero-order chi connectivity index (χ0) is 25.5. The molecular weight excluding hydrogens is 459 g/mol. The van der Waals surface area contributed by atoms with E-state index >= 15 is 0 Å². The summed E-state index contributed by atoms with van der Waals surface area (Å²) in [5.41, 5.74) is 8.03. The van der Waals surface area contributed by atoms with Gasteiger partial charge in [0.05, 0.1) is 23.8 Å². The maximum Gasteiger partial charge on any atom is 0.306 e. The first-order valence-corrected chi connectivity index (χ1v) is 10.7. The monoisotopic (exact) mass is 484 g/mol. The first-order valence-electron chi connectivity index (χ1n) is 10.7. The Kier molecular flexibility index (Phi) is 8.16. The molecule has 0 fully saturated rings. The molecule has 10 nitrogen and oxygen atoms in total. The number of halogens is 1. The van der Waals surface area contributed by atoms with Gasteiger partial charge in [0, 0.05) is 17.8 Å². The minimum atomic E-state index is -1.19. The van der Waals surface area contributed by atoms with Gasteiger partial charge in [-0.15, -0.1) is 0 Å². The van der Waals surface area contributed by atoms with E-state index in [1.807, 2.05) is 0 Å². The number of ether oxygens (including phenoxy) is 1. The molecule has 184 valence electrons. The van der Waals surface area contributed by atoms with Gasteiger partial charge in [-0.2, -0.15) is 0 Å². The van der Waals surface area contributed by atoms with Crippen LogP contribution in [0.25, 0.3) is 0 Å². The lowest BCUT2D eigenvalue weighted by Crippen LogP contribution is -2.36. The van der Waals surface area contributed by atoms with Crippen LogP contribution in [0.3, 0.4) is 0 Å². The molecule has 0 aromatic heterocycles. The molecule has 1 aliphatic rings. The smallest absolute Gasteiger partial charge is 0.306 e. The fourth-order valence-electron chi connectivity index (χ4n) is 3.35. The number of benzene rings is 2. The number of aliphatic hydroxyl groups is 1. The quantitative estimate of drug-likeness (QED) is 0.266. The lowest BCUT2D eigenvalue weighted by Gasteiger charge is -2.12. The Morgan fingerprint density at radius 3 is 2.80 bits per heavy atom. The van der Waals surface area contributed by atoms with Gasteiger partial charge < -0.3 is 31.3 Å². The van der Waals surface area contributed by atoms with Crippen LogP contribution in [0.15, 0.2) is 53.0 Å². The molecular formula is C24H25FN4O6. The van der Waals surface area contributed by atoms with Crippen molar-refractivity contribution in [3.63, 3.8) is 0 Å². The molecule has 0 saturated heterocycles. The number of carboxylic acid groups (broad SMARTS) is 1. The van der Waals surface area contributed by atoms with Crippen LogP contribution >= 0.6 is 0 Å². The average Bonchev–Trinajstić information content (AvgIpc) is 2.95. The van der Waals surface area contributed by atoms with Crippen molar-refractivity contribution >= 4 is 35.0 Å². The van der Waals surface area contributed by atoms with Crippen LogP contribution in [0.5, 0.6) is 5.75 Å². The van der Waals surface area contributed by atoms with E-state index < -0.39 is 36.1 Å². The van der Waals surface area contributed by atoms with Crippen molar-refractivity contribution in [1.82, 2.24) is 5.32 Å². The lowest BCUT2D eigenvalue weighted by atomic mass is 10.1. The highest BCUT2D eigenvalue weighted by molar-refractivity contribution is 6.25. The van der Waals surface area contributed by atoms with Crippen molar-refractivity contribution in [2.24, 2.45) is 10.7 Å². The number of nitrogens with two attached hydrogens (primary N) is 1. The third kappa shape index (κ3) is 6.87. The number of anilines is 1. The van der Waals surface area contributed by atoms with Gasteiger partial charge in [-0.3, -0.25) is 14.4 Å². The van der Waals surface area contributed by atoms with Crippen LogP contribution in [-0.4, -0.2) is 53.1 Å². The van der Waals surface area contributed by atoms with Crippen molar-refractivity contribution < 1.29 is 33.7 Å². The fourth-order valence-corrected chi connectivity index (χ4v) is 3.35. The SMILES string of the molecule is Cc1cc(N=C(N)C2=CCc3c(F)cccc3NC2=O)ccc1OCC(=O)NCC(O)CC(=O)O. The number of amides is 2. The van der Waals surface area contributed by atoms with Crippen LogP contribution in [-0.2, 0) is 20.8 Å². The largest absolute Gasteiger partial charge is 0.484 e. The molecule has 0 aliphatic carbocycles. The number of aryl methyl sites for hydroxylation is 1. The second kappa shape index (κ2) is 11.3. The molecule has 1 heterocycles. The molecule has 11 heteroatoms. The normalized spacial score (nSPS) is 14.2. The van der Waals surface area contributed by atoms with E-state index in [0.29, 0.717) is 28.3 Å². The maximum atomic E-state index is 14.1. The molecule has 6 N–H and O–H groups in total. The lowest BCUT2D eigenvalue weighted by molar-refractivity contribution is -0.139. The molecule has 1 atom stereocenters. The highest BCUT2D eigenvalue weighted by Crippen LogP contribution is 2.26. The Labute approximate surface area is 200 Å². The summed E-state index contributed by atoms with van der Waals surface area (Å²) < 4.78 is 19.5. The third-order valence-corrected chi connectivity index (χ3v) is 5.11. The number of rotatable bonds is 9. The Bertz CT molecular complexity index is 1210. The zero-order valence-electron chi connectivity index (χ0n) is 18.9. The van der Waals surface area contributed by atoms with Crippen molar-refractivity contribution in [2.75, 3.05) is 18.5 Å². The molecule has 0 spiro atoms. The third-order valence-electron chi connectivity index (χ3n) is 5.11. The summed E-state index contributed by atoms with van der Waals surface area (Å²) in [6.45, 7) is 1.19. The molecule has 0 saturated carbocycles. The topological polar surface area (TPSA) is 163 Å². The minimum Gasteiger partial charge on any atom is -0.484 e. The van der Waals surface area contributed by atoms with E-state index in [1.54, 1.807) is 31.2 Å². The summed E-state index contributed by atoms with van der Waals surface area (Å²) in [6.07, 6.45) is 0.0281. The number of nitrogens with one attached hydrogen (secondary N) is 2. The number of hydrogen-bond acceptors (Lipinski definition) is 6. The van der Waals surface area contributed by atoms with Crippen molar-refractivity contribution in [2.45, 2.75) is 25.9 Å². The Hall–Kier alpha value is -4.25. The fraction of sp³-hybridized carbons (Fsp3) is 0.250. The summed E-state index contributed by atoms with van der Waals surface area (Å²) in [4.78, 5) is 39.3. The number of carbonyl (C=O) groups is 3. The van der Waals surface area contributed by atoms with E-state index in [1.165, 1.54) is 18.2 Å². The highest BCUT2D eigenvalue weighted by atomic mass is 19.1. The number of carboxylic acids is 1. The summed E-state index contributed by atoms with van der Waals surface area (Å²) in [5, 5.41) is 23.1. The van der Waals surface area contributed by atoms with Gasteiger partial charge in [0.25, 0.3) is 11.8 Å². The number of aliphatic hydroxyl groups excluding tert-OH is 1. The Morgan fingerprint density at radius 1 is 1.31 bits per heavy atom. The minimum absolute atomic E-state index is 0.0388. The highest BCUT2D eigenvalue weighted by Gasteiger charge is 2.21. The van der Waals surface area contributed by atoms with Crippen molar-refractivity contribution in [3.8, 4) is 5.75 Å². The molecule has 0 radical (unpaired) electrons. The number of aliphatic carboxylic acids is 1. The Balaban J connectivity index is 1.62. The second-order valence-electron chi connectivity index (χ2n) is 7.83. The molecule has 35 heavy (non-hydrogen) atoms. The van der Waals surface area contributed by atoms with Gasteiger partial charge in [-0.25, -0.2) is 9.38 Å². The molecule has 2 amide bonds. The van der Waals surface area contributed by atoms with Crippen molar-refractivity contribution in [3.05, 3.63) is 65.0 Å². The number of nitrogens with zero attached hydrogens (tertiary/aromatic N) is 1. The Morgan fingerprint density at radius 2 is 2.09 bits per heavy atom. The van der Waals surface area contributed by atoms with E-state index in [0.717, 1.165) is 0 Å². The molecule has 1 aliphatic heterocycles. The molecule has 1 unspecified atom stereocenters. The number of allylic oxidation sites excluding steroid dienone is 1. The maximum absolute atomic E-state index is 14.1. The molecule has 3 rings (SSSR count). The van der Waals surface area contributed by atoms with E-state index in [9.17, 15) is 23.9 Å². The standard InChI is InChI=1S/C24H25FN4O6/c1-13-9-14(5-8-20(13)35-12-21(31)27-11-15(30)10-22(32)33)28-23(26)17-7-6-16-18(25)3-2-4-19(16)29-24(17)34/h2-5,7-9,15,30H,6,10-12H2,1H3,(H2,26,28)(H,27,31)(H,29,34)(H,32,33). The van der Waals surface area contributed by atoms with Crippen LogP contribution < -0.4 is 21.1 Å². The van der Waals surface area contributed by atoms with Crippen LogP contribution in [0.4, 0.5) is 15.8 Å². The van der Waals surface area contributed by atoms with Gasteiger partial charge in [0.15, 0.2) is 6.61 Å². The molecule has 2 aromatic carbocycles.